The Morgan fingerprint density at radius 3 is 2.84 bits per heavy atom. The lowest BCUT2D eigenvalue weighted by Gasteiger charge is -2.19. The zero-order chi connectivity index (χ0) is 23.3. The summed E-state index contributed by atoms with van der Waals surface area (Å²) in [7, 11) is 1.35. The van der Waals surface area contributed by atoms with E-state index in [-0.39, 0.29) is 23.2 Å². The van der Waals surface area contributed by atoms with Crippen molar-refractivity contribution in [2.24, 2.45) is 11.8 Å². The summed E-state index contributed by atoms with van der Waals surface area (Å²) in [6.45, 7) is 0. The third-order valence-electron chi connectivity index (χ3n) is 5.63. The predicted octanol–water partition coefficient (Wildman–Crippen LogP) is 6.35. The Hall–Kier alpha value is -2.05. The van der Waals surface area contributed by atoms with Gasteiger partial charge in [-0.3, -0.25) is 0 Å². The fraction of sp³-hybridized carbons (Fsp3) is 0.417. The molecule has 1 aromatic carbocycles. The first kappa shape index (κ1) is 24.6. The van der Waals surface area contributed by atoms with Crippen molar-refractivity contribution in [3.05, 3.63) is 69.1 Å². The van der Waals surface area contributed by atoms with Crippen LogP contribution in [-0.2, 0) is 17.3 Å². The summed E-state index contributed by atoms with van der Waals surface area (Å²) >= 11 is 7.88. The lowest BCUT2D eigenvalue weighted by Crippen LogP contribution is -2.18. The second-order valence-corrected chi connectivity index (χ2v) is 9.54. The van der Waals surface area contributed by atoms with Gasteiger partial charge in [-0.2, -0.15) is 13.2 Å². The molecule has 1 heterocycles. The number of methoxy groups -OCH3 is 1. The maximum atomic E-state index is 12.9. The predicted molar refractivity (Wildman–Crippen MR) is 120 cm³/mol. The first-order chi connectivity index (χ1) is 15.2. The van der Waals surface area contributed by atoms with Crippen LogP contribution in [0.4, 0.5) is 13.2 Å². The number of esters is 1. The molecule has 0 bridgehead atoms. The first-order valence-electron chi connectivity index (χ1n) is 10.3. The van der Waals surface area contributed by atoms with E-state index in [0.29, 0.717) is 16.9 Å². The quantitative estimate of drug-likeness (QED) is 0.283. The minimum atomic E-state index is -4.40. The normalized spacial score (nSPS) is 22.9. The summed E-state index contributed by atoms with van der Waals surface area (Å²) < 4.78 is 43.3. The Labute approximate surface area is 194 Å². The van der Waals surface area contributed by atoms with Crippen LogP contribution in [0.1, 0.15) is 44.9 Å². The lowest BCUT2D eigenvalue weighted by molar-refractivity contribution is -0.137. The van der Waals surface area contributed by atoms with E-state index < -0.39 is 17.8 Å². The third kappa shape index (κ3) is 6.26. The van der Waals surface area contributed by atoms with Crippen LogP contribution in [0.25, 0.3) is 6.08 Å². The zero-order valence-corrected chi connectivity index (χ0v) is 19.0. The first-order valence-corrected chi connectivity index (χ1v) is 11.5. The minimum Gasteiger partial charge on any atom is -0.465 e. The molecule has 2 aromatic rings. The van der Waals surface area contributed by atoms with E-state index in [1.807, 2.05) is 6.07 Å². The SMILES string of the molecule is COC(=O)c1ccc(CCCC2[C@H](Cl)C[C@@H](O)[C@@H]2C=C=Cc2cccc(C(F)(F)F)c2)s1. The number of thiophene rings is 1. The van der Waals surface area contributed by atoms with Gasteiger partial charge in [0.25, 0.3) is 0 Å². The molecule has 0 radical (unpaired) electrons. The molecule has 3 nitrogen and oxygen atoms in total. The zero-order valence-electron chi connectivity index (χ0n) is 17.4. The summed E-state index contributed by atoms with van der Waals surface area (Å²) in [5.74, 6) is -0.527. The van der Waals surface area contributed by atoms with Crippen LogP contribution in [-0.4, -0.2) is 29.7 Å². The third-order valence-corrected chi connectivity index (χ3v) is 7.26. The van der Waals surface area contributed by atoms with Gasteiger partial charge in [0, 0.05) is 16.2 Å². The van der Waals surface area contributed by atoms with Gasteiger partial charge >= 0.3 is 12.1 Å². The number of aryl methyl sites for hydroxylation is 1. The van der Waals surface area contributed by atoms with Gasteiger partial charge in [0.2, 0.25) is 0 Å². The molecule has 0 amide bonds. The molecule has 3 rings (SSSR count). The number of ether oxygens (including phenoxy) is 1. The van der Waals surface area contributed by atoms with Gasteiger partial charge in [-0.1, -0.05) is 12.1 Å². The Bertz CT molecular complexity index is 994. The van der Waals surface area contributed by atoms with Crippen molar-refractivity contribution < 1.29 is 27.8 Å². The highest BCUT2D eigenvalue weighted by atomic mass is 35.5. The molecule has 0 aliphatic heterocycles. The van der Waals surface area contributed by atoms with Crippen LogP contribution in [0.5, 0.6) is 0 Å². The molecule has 1 fully saturated rings. The molecule has 4 atom stereocenters. The second kappa shape index (κ2) is 10.7. The summed E-state index contributed by atoms with van der Waals surface area (Å²) in [4.78, 5) is 13.2. The Morgan fingerprint density at radius 1 is 1.34 bits per heavy atom. The van der Waals surface area contributed by atoms with Gasteiger partial charge in [0.1, 0.15) is 4.88 Å². The number of carbonyl (C=O) groups is 1. The van der Waals surface area contributed by atoms with Crippen LogP contribution in [0.2, 0.25) is 0 Å². The van der Waals surface area contributed by atoms with Crippen molar-refractivity contribution in [1.29, 1.82) is 0 Å². The maximum Gasteiger partial charge on any atom is 0.416 e. The molecule has 32 heavy (non-hydrogen) atoms. The molecule has 1 aliphatic rings. The second-order valence-electron chi connectivity index (χ2n) is 7.81. The number of hydrogen-bond acceptors (Lipinski definition) is 4. The van der Waals surface area contributed by atoms with Gasteiger partial charge in [0.05, 0.1) is 18.8 Å². The molecular formula is C24H24ClF3O3S. The lowest BCUT2D eigenvalue weighted by atomic mass is 9.89. The van der Waals surface area contributed by atoms with Gasteiger partial charge in [-0.15, -0.1) is 28.7 Å². The molecule has 1 aliphatic carbocycles. The molecule has 1 saturated carbocycles. The van der Waals surface area contributed by atoms with Crippen LogP contribution in [0.3, 0.4) is 0 Å². The Balaban J connectivity index is 1.63. The van der Waals surface area contributed by atoms with E-state index in [1.165, 1.54) is 30.6 Å². The van der Waals surface area contributed by atoms with E-state index in [4.69, 9.17) is 16.3 Å². The van der Waals surface area contributed by atoms with Crippen LogP contribution >= 0.6 is 22.9 Å². The number of rotatable bonds is 7. The van der Waals surface area contributed by atoms with Crippen LogP contribution in [0, 0.1) is 11.8 Å². The number of benzene rings is 1. The maximum absolute atomic E-state index is 12.9. The van der Waals surface area contributed by atoms with Crippen molar-refractivity contribution in [3.63, 3.8) is 0 Å². The average Bonchev–Trinajstić information content (AvgIpc) is 3.32. The number of halogens is 4. The van der Waals surface area contributed by atoms with E-state index in [0.717, 1.165) is 36.3 Å². The molecule has 1 aromatic heterocycles. The van der Waals surface area contributed by atoms with Crippen molar-refractivity contribution in [1.82, 2.24) is 0 Å². The molecular weight excluding hydrogens is 461 g/mol. The average molecular weight is 485 g/mol. The summed E-state index contributed by atoms with van der Waals surface area (Å²) in [5, 5.41) is 10.2. The van der Waals surface area contributed by atoms with Crippen molar-refractivity contribution in [2.45, 2.75) is 43.3 Å². The van der Waals surface area contributed by atoms with E-state index in [1.54, 1.807) is 18.2 Å². The van der Waals surface area contributed by atoms with Gasteiger partial charge < -0.3 is 9.84 Å². The van der Waals surface area contributed by atoms with Gasteiger partial charge in [-0.25, -0.2) is 4.79 Å². The Morgan fingerprint density at radius 2 is 2.12 bits per heavy atom. The number of alkyl halides is 4. The van der Waals surface area contributed by atoms with Crippen LogP contribution in [0.15, 0.2) is 48.2 Å². The minimum absolute atomic E-state index is 0.0362. The van der Waals surface area contributed by atoms with Crippen molar-refractivity contribution in [3.8, 4) is 0 Å². The number of hydrogen-bond donors (Lipinski definition) is 1. The molecule has 1 unspecified atom stereocenters. The Kier molecular flexibility index (Phi) is 8.23. The van der Waals surface area contributed by atoms with Crippen molar-refractivity contribution >= 4 is 35.0 Å². The number of carbonyl (C=O) groups excluding carboxylic acids is 1. The topological polar surface area (TPSA) is 46.5 Å². The summed E-state index contributed by atoms with van der Waals surface area (Å²) in [5.41, 5.74) is 2.63. The fourth-order valence-electron chi connectivity index (χ4n) is 3.99. The fourth-order valence-corrected chi connectivity index (χ4v) is 5.44. The monoisotopic (exact) mass is 484 g/mol. The van der Waals surface area contributed by atoms with Gasteiger partial charge in [0.15, 0.2) is 0 Å². The molecule has 0 saturated heterocycles. The number of aliphatic hydroxyl groups excluding tert-OH is 1. The molecule has 8 heteroatoms. The largest absolute Gasteiger partial charge is 0.465 e. The van der Waals surface area contributed by atoms with Crippen molar-refractivity contribution in [2.75, 3.05) is 7.11 Å². The van der Waals surface area contributed by atoms with Crippen LogP contribution < -0.4 is 0 Å². The van der Waals surface area contributed by atoms with E-state index >= 15 is 0 Å². The van der Waals surface area contributed by atoms with E-state index in [9.17, 15) is 23.1 Å². The number of aliphatic hydroxyl groups is 1. The summed E-state index contributed by atoms with van der Waals surface area (Å²) in [6.07, 6.45) is 1.06. The smallest absolute Gasteiger partial charge is 0.416 e. The molecule has 172 valence electrons. The molecule has 0 spiro atoms. The highest BCUT2D eigenvalue weighted by Gasteiger charge is 2.39. The molecule has 1 N–H and O–H groups in total. The standard InChI is InChI=1S/C24H24ClF3O3S/c1-31-23(30)22-12-11-17(32-22)8-4-9-18-19(21(29)14-20(18)25)10-3-6-15-5-2-7-16(13-15)24(26,27)28/h2,5-7,10-13,18-21,29H,4,8-9,14H2,1H3/t3?,18?,19-,20-,21-/m1/s1. The van der Waals surface area contributed by atoms with E-state index in [2.05, 4.69) is 5.73 Å². The highest BCUT2D eigenvalue weighted by Crippen LogP contribution is 2.40. The van der Waals surface area contributed by atoms with Gasteiger partial charge in [-0.05, 0) is 73.6 Å². The summed E-state index contributed by atoms with van der Waals surface area (Å²) in [6, 6.07) is 8.68. The highest BCUT2D eigenvalue weighted by molar-refractivity contribution is 7.13.